The summed E-state index contributed by atoms with van der Waals surface area (Å²) in [5, 5.41) is 0.406. The molecule has 0 amide bonds. The van der Waals surface area contributed by atoms with Crippen molar-refractivity contribution in [3.05, 3.63) is 65.2 Å². The van der Waals surface area contributed by atoms with Crippen LogP contribution in [-0.2, 0) is 0 Å². The molecule has 0 radical (unpaired) electrons. The van der Waals surface area contributed by atoms with Crippen molar-refractivity contribution in [2.45, 2.75) is 0 Å². The lowest BCUT2D eigenvalue weighted by Crippen LogP contribution is -1.98. The zero-order valence-electron chi connectivity index (χ0n) is 15.5. The molecule has 2 aromatic rings. The molecule has 0 fully saturated rings. The maximum Gasteiger partial charge on any atom is 0.203 e. The third kappa shape index (κ3) is 5.53. The normalized spacial score (nSPS) is 10.5. The first-order valence-corrected chi connectivity index (χ1v) is 8.44. The number of benzene rings is 2. The maximum atomic E-state index is 12.4. The Hall–Kier alpha value is -2.92. The van der Waals surface area contributed by atoms with E-state index in [9.17, 15) is 4.79 Å². The number of ketones is 1. The molecule has 0 aliphatic carbocycles. The van der Waals surface area contributed by atoms with Crippen LogP contribution in [0.4, 0.5) is 0 Å². The Bertz CT molecular complexity index is 815. The van der Waals surface area contributed by atoms with Gasteiger partial charge in [0.15, 0.2) is 17.3 Å². The quantitative estimate of drug-likeness (QED) is 0.458. The van der Waals surface area contributed by atoms with Crippen LogP contribution in [0.3, 0.4) is 0 Å². The van der Waals surface area contributed by atoms with E-state index in [-0.39, 0.29) is 12.4 Å². The summed E-state index contributed by atoms with van der Waals surface area (Å²) in [6.45, 7) is 3.77. The van der Waals surface area contributed by atoms with Gasteiger partial charge in [0.1, 0.15) is 12.4 Å². The minimum atomic E-state index is -0.142. The van der Waals surface area contributed by atoms with Gasteiger partial charge in [-0.3, -0.25) is 4.79 Å². The molecule has 142 valence electrons. The topological polar surface area (TPSA) is 54.0 Å². The van der Waals surface area contributed by atoms with Crippen LogP contribution in [0.2, 0.25) is 0 Å². The summed E-state index contributed by atoms with van der Waals surface area (Å²) in [4.78, 5) is 12.4. The molecule has 0 N–H and O–H groups in total. The highest BCUT2D eigenvalue weighted by atomic mass is 35.5. The first-order valence-electron chi connectivity index (χ1n) is 8.07. The molecule has 0 saturated heterocycles. The minimum Gasteiger partial charge on any atom is -0.493 e. The smallest absolute Gasteiger partial charge is 0.203 e. The van der Waals surface area contributed by atoms with Crippen LogP contribution in [0, 0.1) is 0 Å². The molecule has 2 aromatic carbocycles. The first kappa shape index (κ1) is 20.4. The molecule has 0 aliphatic heterocycles. The summed E-state index contributed by atoms with van der Waals surface area (Å²) in [5.41, 5.74) is 1.29. The number of hydrogen-bond donors (Lipinski definition) is 0. The number of halogens is 1. The monoisotopic (exact) mass is 388 g/mol. The Morgan fingerprint density at radius 3 is 2.11 bits per heavy atom. The maximum absolute atomic E-state index is 12.4. The summed E-state index contributed by atoms with van der Waals surface area (Å²) in [6, 6.07) is 10.3. The summed E-state index contributed by atoms with van der Waals surface area (Å²) in [7, 11) is 4.62. The molecule has 5 nitrogen and oxygen atoms in total. The van der Waals surface area contributed by atoms with Crippen LogP contribution < -0.4 is 18.9 Å². The molecule has 0 aliphatic rings. The molecular formula is C21H21ClO5. The van der Waals surface area contributed by atoms with E-state index < -0.39 is 0 Å². The number of hydrogen-bond acceptors (Lipinski definition) is 5. The van der Waals surface area contributed by atoms with Gasteiger partial charge in [0, 0.05) is 10.6 Å². The third-order valence-corrected chi connectivity index (χ3v) is 3.76. The third-order valence-electron chi connectivity index (χ3n) is 3.65. The van der Waals surface area contributed by atoms with E-state index in [2.05, 4.69) is 6.58 Å². The molecule has 0 aromatic heterocycles. The van der Waals surface area contributed by atoms with Crippen molar-refractivity contribution in [1.29, 1.82) is 0 Å². The second-order valence-electron chi connectivity index (χ2n) is 5.49. The van der Waals surface area contributed by atoms with E-state index in [1.54, 1.807) is 56.7 Å². The lowest BCUT2D eigenvalue weighted by atomic mass is 10.1. The van der Waals surface area contributed by atoms with Gasteiger partial charge in [0.25, 0.3) is 0 Å². The van der Waals surface area contributed by atoms with Gasteiger partial charge >= 0.3 is 0 Å². The van der Waals surface area contributed by atoms with Crippen LogP contribution in [0.1, 0.15) is 15.9 Å². The predicted octanol–water partition coefficient (Wildman–Crippen LogP) is 4.74. The molecule has 2 rings (SSSR count). The highest BCUT2D eigenvalue weighted by Crippen LogP contribution is 2.38. The fourth-order valence-corrected chi connectivity index (χ4v) is 2.40. The van der Waals surface area contributed by atoms with Gasteiger partial charge in [0.2, 0.25) is 5.75 Å². The molecule has 0 unspecified atom stereocenters. The van der Waals surface area contributed by atoms with Crippen molar-refractivity contribution >= 4 is 23.5 Å². The van der Waals surface area contributed by atoms with Gasteiger partial charge in [-0.1, -0.05) is 24.3 Å². The lowest BCUT2D eigenvalue weighted by Gasteiger charge is -2.12. The van der Waals surface area contributed by atoms with E-state index in [4.69, 9.17) is 30.5 Å². The van der Waals surface area contributed by atoms with E-state index in [0.29, 0.717) is 33.6 Å². The van der Waals surface area contributed by atoms with Crippen LogP contribution >= 0.6 is 11.6 Å². The molecule has 27 heavy (non-hydrogen) atoms. The van der Waals surface area contributed by atoms with Crippen molar-refractivity contribution in [3.8, 4) is 23.0 Å². The van der Waals surface area contributed by atoms with Gasteiger partial charge in [-0.2, -0.15) is 0 Å². The molecule has 0 heterocycles. The molecular weight excluding hydrogens is 368 g/mol. The van der Waals surface area contributed by atoms with Crippen molar-refractivity contribution in [3.63, 3.8) is 0 Å². The second-order valence-corrected chi connectivity index (χ2v) is 6.02. The minimum absolute atomic E-state index is 0.142. The average molecular weight is 389 g/mol. The largest absolute Gasteiger partial charge is 0.493 e. The summed E-state index contributed by atoms with van der Waals surface area (Å²) in [5.74, 6) is 2.01. The van der Waals surface area contributed by atoms with E-state index >= 15 is 0 Å². The van der Waals surface area contributed by atoms with Crippen LogP contribution in [0.5, 0.6) is 23.0 Å². The molecule has 0 spiro atoms. The SMILES string of the molecule is C=C(Cl)COc1ccc(C(=O)/C=C/c2cc(OC)c(OC)c(OC)c2)cc1. The van der Waals surface area contributed by atoms with Gasteiger partial charge in [-0.05, 0) is 48.0 Å². The first-order chi connectivity index (χ1) is 13.0. The van der Waals surface area contributed by atoms with E-state index in [1.807, 2.05) is 0 Å². The number of methoxy groups -OCH3 is 3. The summed E-state index contributed by atoms with van der Waals surface area (Å²) < 4.78 is 21.3. The van der Waals surface area contributed by atoms with Gasteiger partial charge in [0.05, 0.1) is 21.3 Å². The zero-order chi connectivity index (χ0) is 19.8. The average Bonchev–Trinajstić information content (AvgIpc) is 2.69. The van der Waals surface area contributed by atoms with Crippen molar-refractivity contribution < 1.29 is 23.7 Å². The van der Waals surface area contributed by atoms with Gasteiger partial charge in [-0.25, -0.2) is 0 Å². The van der Waals surface area contributed by atoms with Crippen molar-refractivity contribution in [2.75, 3.05) is 27.9 Å². The Morgan fingerprint density at radius 2 is 1.63 bits per heavy atom. The molecule has 0 bridgehead atoms. The Morgan fingerprint density at radius 1 is 1.04 bits per heavy atom. The van der Waals surface area contributed by atoms with Crippen molar-refractivity contribution in [2.24, 2.45) is 0 Å². The standard InChI is InChI=1S/C21H21ClO5/c1-14(22)13-27-17-8-6-16(7-9-17)18(23)10-5-15-11-19(24-2)21(26-4)20(12-15)25-3/h5-12H,1,13H2,2-4H3/b10-5+. The summed E-state index contributed by atoms with van der Waals surface area (Å²) >= 11 is 5.66. The molecule has 6 heteroatoms. The zero-order valence-corrected chi connectivity index (χ0v) is 16.2. The number of allylic oxidation sites excluding steroid dienone is 1. The van der Waals surface area contributed by atoms with Crippen LogP contribution in [0.25, 0.3) is 6.08 Å². The Balaban J connectivity index is 2.15. The highest BCUT2D eigenvalue weighted by molar-refractivity contribution is 6.29. The van der Waals surface area contributed by atoms with Crippen LogP contribution in [-0.4, -0.2) is 33.7 Å². The predicted molar refractivity (Wildman–Crippen MR) is 106 cm³/mol. The van der Waals surface area contributed by atoms with Gasteiger partial charge < -0.3 is 18.9 Å². The number of rotatable bonds is 9. The van der Waals surface area contributed by atoms with Crippen LogP contribution in [0.15, 0.2) is 54.1 Å². The highest BCUT2D eigenvalue weighted by Gasteiger charge is 2.12. The number of carbonyl (C=O) groups is 1. The van der Waals surface area contributed by atoms with E-state index in [0.717, 1.165) is 5.56 Å². The fourth-order valence-electron chi connectivity index (χ4n) is 2.34. The number of carbonyl (C=O) groups excluding carboxylic acids is 1. The Kier molecular flexibility index (Phi) is 7.32. The molecule has 0 saturated carbocycles. The van der Waals surface area contributed by atoms with E-state index in [1.165, 1.54) is 13.2 Å². The second kappa shape index (κ2) is 9.69. The van der Waals surface area contributed by atoms with Gasteiger partial charge in [-0.15, -0.1) is 0 Å². The molecule has 0 atom stereocenters. The lowest BCUT2D eigenvalue weighted by molar-refractivity contribution is 0.104. The summed E-state index contributed by atoms with van der Waals surface area (Å²) in [6.07, 6.45) is 3.17. The number of ether oxygens (including phenoxy) is 4. The van der Waals surface area contributed by atoms with Crippen molar-refractivity contribution in [1.82, 2.24) is 0 Å². The fraction of sp³-hybridized carbons (Fsp3) is 0.190. The Labute approximate surface area is 163 Å².